The maximum atomic E-state index is 9.33. The summed E-state index contributed by atoms with van der Waals surface area (Å²) in [5, 5.41) is 9.33. The molecule has 0 aliphatic carbocycles. The topological polar surface area (TPSA) is 58.7 Å². The van der Waals surface area contributed by atoms with Crippen LogP contribution in [0.5, 0.6) is 0 Å². The Morgan fingerprint density at radius 2 is 2.33 bits per heavy atom. The molecule has 15 heavy (non-hydrogen) atoms. The number of nitrogens with zero attached hydrogens (tertiary/aromatic N) is 1. The maximum absolute atomic E-state index is 9.33. The van der Waals surface area contributed by atoms with E-state index >= 15 is 0 Å². The fraction of sp³-hybridized carbons (Fsp3) is 1.00. The lowest BCUT2D eigenvalue weighted by atomic mass is 10.1. The summed E-state index contributed by atoms with van der Waals surface area (Å²) < 4.78 is 5.65. The number of hydrogen-bond donors (Lipinski definition) is 2. The number of ether oxygens (including phenoxy) is 1. The van der Waals surface area contributed by atoms with Gasteiger partial charge < -0.3 is 20.5 Å². The van der Waals surface area contributed by atoms with Crippen LogP contribution in [-0.2, 0) is 4.74 Å². The maximum Gasteiger partial charge on any atom is 0.0701 e. The number of nitrogens with two attached hydrogens (primary N) is 1. The van der Waals surface area contributed by atoms with Crippen LogP contribution in [0.25, 0.3) is 0 Å². The molecule has 2 atom stereocenters. The molecule has 0 radical (unpaired) electrons. The van der Waals surface area contributed by atoms with Crippen molar-refractivity contribution < 1.29 is 9.84 Å². The fourth-order valence-corrected chi connectivity index (χ4v) is 1.88. The predicted molar refractivity (Wildman–Crippen MR) is 60.8 cm³/mol. The molecule has 0 bridgehead atoms. The first-order chi connectivity index (χ1) is 7.22. The second-order valence-electron chi connectivity index (χ2n) is 4.43. The smallest absolute Gasteiger partial charge is 0.0701 e. The lowest BCUT2D eigenvalue weighted by molar-refractivity contribution is -0.00310. The summed E-state index contributed by atoms with van der Waals surface area (Å²) >= 11 is 0. The number of hydrogen-bond acceptors (Lipinski definition) is 4. The molecule has 1 rings (SSSR count). The first-order valence-electron chi connectivity index (χ1n) is 5.90. The molecule has 4 heteroatoms. The van der Waals surface area contributed by atoms with Crippen LogP contribution >= 0.6 is 0 Å². The zero-order valence-electron chi connectivity index (χ0n) is 9.69. The van der Waals surface area contributed by atoms with Crippen LogP contribution in [0.4, 0.5) is 0 Å². The largest absolute Gasteiger partial charge is 0.392 e. The van der Waals surface area contributed by atoms with Gasteiger partial charge in [0.1, 0.15) is 0 Å². The molecule has 1 heterocycles. The van der Waals surface area contributed by atoms with Crippen LogP contribution in [0.3, 0.4) is 0 Å². The Kier molecular flexibility index (Phi) is 6.17. The van der Waals surface area contributed by atoms with Crippen LogP contribution in [0.1, 0.15) is 25.7 Å². The molecule has 0 aromatic rings. The van der Waals surface area contributed by atoms with E-state index in [9.17, 15) is 5.11 Å². The average molecular weight is 216 g/mol. The standard InChI is InChI=1S/C11H24N2O2/c1-13(6-5-10(14)8-12)9-11-4-2-3-7-15-11/h10-11,14H,2-9,12H2,1H3. The van der Waals surface area contributed by atoms with Crippen LogP contribution in [0.2, 0.25) is 0 Å². The molecular weight excluding hydrogens is 192 g/mol. The van der Waals surface area contributed by atoms with E-state index in [0.29, 0.717) is 12.6 Å². The Hall–Kier alpha value is -0.160. The summed E-state index contributed by atoms with van der Waals surface area (Å²) in [6.07, 6.45) is 4.43. The Morgan fingerprint density at radius 3 is 2.93 bits per heavy atom. The van der Waals surface area contributed by atoms with Gasteiger partial charge in [0.15, 0.2) is 0 Å². The Morgan fingerprint density at radius 1 is 1.53 bits per heavy atom. The zero-order chi connectivity index (χ0) is 11.1. The van der Waals surface area contributed by atoms with E-state index in [1.807, 2.05) is 0 Å². The third kappa shape index (κ3) is 5.47. The minimum atomic E-state index is -0.361. The molecule has 2 unspecified atom stereocenters. The third-order valence-corrected chi connectivity index (χ3v) is 2.91. The summed E-state index contributed by atoms with van der Waals surface area (Å²) in [6, 6.07) is 0. The lowest BCUT2D eigenvalue weighted by Gasteiger charge is -2.27. The second-order valence-corrected chi connectivity index (χ2v) is 4.43. The van der Waals surface area contributed by atoms with E-state index in [4.69, 9.17) is 10.5 Å². The molecule has 0 aromatic heterocycles. The van der Waals surface area contributed by atoms with Gasteiger partial charge in [-0.05, 0) is 32.7 Å². The molecule has 90 valence electrons. The summed E-state index contributed by atoms with van der Waals surface area (Å²) in [4.78, 5) is 2.22. The van der Waals surface area contributed by atoms with Crippen molar-refractivity contribution in [2.45, 2.75) is 37.9 Å². The van der Waals surface area contributed by atoms with E-state index in [1.54, 1.807) is 0 Å². The third-order valence-electron chi connectivity index (χ3n) is 2.91. The number of aliphatic hydroxyl groups is 1. The number of likely N-dealkylation sites (N-methyl/N-ethyl adjacent to an activating group) is 1. The van der Waals surface area contributed by atoms with Crippen LogP contribution in [0.15, 0.2) is 0 Å². The lowest BCUT2D eigenvalue weighted by Crippen LogP contribution is -2.35. The summed E-state index contributed by atoms with van der Waals surface area (Å²) in [5.41, 5.74) is 5.35. The van der Waals surface area contributed by atoms with Crippen LogP contribution in [0, 0.1) is 0 Å². The Balaban J connectivity index is 2.08. The first kappa shape index (κ1) is 12.9. The van der Waals surface area contributed by atoms with E-state index in [2.05, 4.69) is 11.9 Å². The van der Waals surface area contributed by atoms with E-state index in [1.165, 1.54) is 19.3 Å². The van der Waals surface area contributed by atoms with Gasteiger partial charge in [-0.3, -0.25) is 0 Å². The SMILES string of the molecule is CN(CCC(O)CN)CC1CCCCO1. The normalized spacial score (nSPS) is 24.4. The molecule has 1 aliphatic rings. The molecule has 0 spiro atoms. The molecule has 0 saturated carbocycles. The minimum absolute atomic E-state index is 0.355. The highest BCUT2D eigenvalue weighted by Gasteiger charge is 2.15. The highest BCUT2D eigenvalue weighted by atomic mass is 16.5. The van der Waals surface area contributed by atoms with Crippen molar-refractivity contribution in [3.8, 4) is 0 Å². The van der Waals surface area contributed by atoms with Gasteiger partial charge in [0.25, 0.3) is 0 Å². The van der Waals surface area contributed by atoms with Crippen molar-refractivity contribution in [2.24, 2.45) is 5.73 Å². The first-order valence-corrected chi connectivity index (χ1v) is 5.90. The van der Waals surface area contributed by atoms with E-state index < -0.39 is 0 Å². The monoisotopic (exact) mass is 216 g/mol. The van der Waals surface area contributed by atoms with Crippen molar-refractivity contribution in [1.82, 2.24) is 4.90 Å². The fourth-order valence-electron chi connectivity index (χ4n) is 1.88. The van der Waals surface area contributed by atoms with Crippen molar-refractivity contribution in [2.75, 3.05) is 33.3 Å². The van der Waals surface area contributed by atoms with Gasteiger partial charge in [-0.15, -0.1) is 0 Å². The van der Waals surface area contributed by atoms with Crippen molar-refractivity contribution in [3.63, 3.8) is 0 Å². The molecule has 1 fully saturated rings. The van der Waals surface area contributed by atoms with E-state index in [0.717, 1.165) is 26.1 Å². The quantitative estimate of drug-likeness (QED) is 0.666. The highest BCUT2D eigenvalue weighted by Crippen LogP contribution is 2.13. The second kappa shape index (κ2) is 7.17. The Labute approximate surface area is 92.4 Å². The molecule has 0 amide bonds. The van der Waals surface area contributed by atoms with Crippen LogP contribution in [-0.4, -0.2) is 55.5 Å². The molecule has 4 nitrogen and oxygen atoms in total. The Bertz CT molecular complexity index is 161. The molecular formula is C11H24N2O2. The van der Waals surface area contributed by atoms with Crippen molar-refractivity contribution in [3.05, 3.63) is 0 Å². The van der Waals surface area contributed by atoms with Gasteiger partial charge in [-0.25, -0.2) is 0 Å². The minimum Gasteiger partial charge on any atom is -0.392 e. The number of rotatable bonds is 6. The van der Waals surface area contributed by atoms with Gasteiger partial charge in [-0.1, -0.05) is 0 Å². The van der Waals surface area contributed by atoms with Crippen molar-refractivity contribution >= 4 is 0 Å². The average Bonchev–Trinajstić information content (AvgIpc) is 2.27. The highest BCUT2D eigenvalue weighted by molar-refractivity contribution is 4.68. The van der Waals surface area contributed by atoms with Gasteiger partial charge in [-0.2, -0.15) is 0 Å². The number of aliphatic hydroxyl groups excluding tert-OH is 1. The molecule has 1 saturated heterocycles. The predicted octanol–water partition coefficient (Wildman–Crippen LogP) is 0.197. The molecule has 3 N–H and O–H groups in total. The summed E-state index contributed by atoms with van der Waals surface area (Å²) in [6.45, 7) is 3.12. The van der Waals surface area contributed by atoms with Crippen molar-refractivity contribution in [1.29, 1.82) is 0 Å². The molecule has 0 aromatic carbocycles. The van der Waals surface area contributed by atoms with Gasteiger partial charge in [0, 0.05) is 26.2 Å². The summed E-state index contributed by atoms with van der Waals surface area (Å²) in [5.74, 6) is 0. The van der Waals surface area contributed by atoms with Gasteiger partial charge >= 0.3 is 0 Å². The van der Waals surface area contributed by atoms with E-state index in [-0.39, 0.29) is 6.10 Å². The zero-order valence-corrected chi connectivity index (χ0v) is 9.69. The summed E-state index contributed by atoms with van der Waals surface area (Å²) in [7, 11) is 2.07. The molecule has 1 aliphatic heterocycles. The van der Waals surface area contributed by atoms with Gasteiger partial charge in [0.05, 0.1) is 12.2 Å². The van der Waals surface area contributed by atoms with Gasteiger partial charge in [0.2, 0.25) is 0 Å². The van der Waals surface area contributed by atoms with Crippen LogP contribution < -0.4 is 5.73 Å².